The van der Waals surface area contributed by atoms with Crippen LogP contribution in [0.1, 0.15) is 52.9 Å². The van der Waals surface area contributed by atoms with Gasteiger partial charge in [0.1, 0.15) is 0 Å². The number of allylic oxidation sites excluding steroid dienone is 3. The van der Waals surface area contributed by atoms with Crippen LogP contribution in [-0.4, -0.2) is 11.4 Å². The van der Waals surface area contributed by atoms with Crippen molar-refractivity contribution in [1.29, 1.82) is 0 Å². The van der Waals surface area contributed by atoms with Crippen LogP contribution >= 0.6 is 0 Å². The third-order valence-corrected chi connectivity index (χ3v) is 3.41. The zero-order valence-corrected chi connectivity index (χ0v) is 10.7. The van der Waals surface area contributed by atoms with Crippen molar-refractivity contribution in [3.05, 3.63) is 23.8 Å². The Kier molecular flexibility index (Phi) is 4.78. The lowest BCUT2D eigenvalue weighted by atomic mass is 9.84. The SMILES string of the molecule is CCC(CC)(CC1=CCCC=C1)NC(C)=O. The lowest BCUT2D eigenvalue weighted by Crippen LogP contribution is -2.46. The standard InChI is InChI=1S/C14H23NO/c1-4-14(5-2,15-12(3)16)11-13-9-7-6-8-10-13/h7,9-10H,4-6,8,11H2,1-3H3,(H,15,16). The first-order valence-corrected chi connectivity index (χ1v) is 6.26. The maximum Gasteiger partial charge on any atom is 0.217 e. The molecule has 1 aliphatic rings. The molecule has 0 spiro atoms. The Morgan fingerprint density at radius 3 is 2.50 bits per heavy atom. The van der Waals surface area contributed by atoms with Crippen molar-refractivity contribution in [2.45, 2.75) is 58.4 Å². The van der Waals surface area contributed by atoms with Crippen LogP contribution in [-0.2, 0) is 4.79 Å². The first-order valence-electron chi connectivity index (χ1n) is 6.26. The van der Waals surface area contributed by atoms with Gasteiger partial charge in [0, 0.05) is 12.5 Å². The van der Waals surface area contributed by atoms with Crippen molar-refractivity contribution < 1.29 is 4.79 Å². The molecule has 1 rings (SSSR count). The summed E-state index contributed by atoms with van der Waals surface area (Å²) >= 11 is 0. The molecule has 1 N–H and O–H groups in total. The van der Waals surface area contributed by atoms with Crippen LogP contribution in [0, 0.1) is 0 Å². The van der Waals surface area contributed by atoms with Gasteiger partial charge in [-0.05, 0) is 37.7 Å². The normalized spacial score (nSPS) is 15.8. The van der Waals surface area contributed by atoms with Gasteiger partial charge in [0.05, 0.1) is 0 Å². The molecule has 0 atom stereocenters. The summed E-state index contributed by atoms with van der Waals surface area (Å²) in [7, 11) is 0. The molecule has 2 nitrogen and oxygen atoms in total. The van der Waals surface area contributed by atoms with Gasteiger partial charge >= 0.3 is 0 Å². The number of carbonyl (C=O) groups excluding carboxylic acids is 1. The van der Waals surface area contributed by atoms with Gasteiger partial charge in [-0.3, -0.25) is 4.79 Å². The lowest BCUT2D eigenvalue weighted by Gasteiger charge is -2.33. The third kappa shape index (κ3) is 3.51. The molecule has 0 aliphatic heterocycles. The summed E-state index contributed by atoms with van der Waals surface area (Å²) in [6, 6.07) is 0. The van der Waals surface area contributed by atoms with Crippen LogP contribution in [0.2, 0.25) is 0 Å². The van der Waals surface area contributed by atoms with E-state index in [9.17, 15) is 4.79 Å². The number of carbonyl (C=O) groups is 1. The summed E-state index contributed by atoms with van der Waals surface area (Å²) in [6.07, 6.45) is 11.9. The minimum atomic E-state index is -0.0562. The number of rotatable bonds is 5. The molecular formula is C14H23NO. The zero-order chi connectivity index (χ0) is 12.0. The van der Waals surface area contributed by atoms with Crippen molar-refractivity contribution in [3.8, 4) is 0 Å². The summed E-state index contributed by atoms with van der Waals surface area (Å²) in [5.41, 5.74) is 1.31. The van der Waals surface area contributed by atoms with E-state index in [0.29, 0.717) is 0 Å². The summed E-state index contributed by atoms with van der Waals surface area (Å²) < 4.78 is 0. The summed E-state index contributed by atoms with van der Waals surface area (Å²) in [6.45, 7) is 5.89. The van der Waals surface area contributed by atoms with E-state index < -0.39 is 0 Å². The first kappa shape index (κ1) is 13.0. The van der Waals surface area contributed by atoms with Gasteiger partial charge in [0.25, 0.3) is 0 Å². The molecule has 16 heavy (non-hydrogen) atoms. The summed E-state index contributed by atoms with van der Waals surface area (Å²) in [5.74, 6) is 0.0732. The van der Waals surface area contributed by atoms with Crippen molar-refractivity contribution in [1.82, 2.24) is 5.32 Å². The fourth-order valence-corrected chi connectivity index (χ4v) is 2.28. The van der Waals surface area contributed by atoms with Gasteiger partial charge in [-0.15, -0.1) is 0 Å². The van der Waals surface area contributed by atoms with E-state index in [1.54, 1.807) is 6.92 Å². The average molecular weight is 221 g/mol. The second-order valence-corrected chi connectivity index (χ2v) is 4.60. The first-order chi connectivity index (χ1) is 7.62. The Labute approximate surface area is 98.8 Å². The topological polar surface area (TPSA) is 29.1 Å². The van der Waals surface area contributed by atoms with Gasteiger partial charge in [-0.2, -0.15) is 0 Å². The Morgan fingerprint density at radius 2 is 2.06 bits per heavy atom. The van der Waals surface area contributed by atoms with Gasteiger partial charge in [-0.1, -0.05) is 32.1 Å². The molecule has 0 aromatic heterocycles. The highest BCUT2D eigenvalue weighted by atomic mass is 16.1. The quantitative estimate of drug-likeness (QED) is 0.758. The van der Waals surface area contributed by atoms with Crippen LogP contribution in [0.15, 0.2) is 23.8 Å². The molecule has 0 bridgehead atoms. The fourth-order valence-electron chi connectivity index (χ4n) is 2.28. The van der Waals surface area contributed by atoms with Crippen LogP contribution in [0.3, 0.4) is 0 Å². The van der Waals surface area contributed by atoms with Gasteiger partial charge in [0.2, 0.25) is 5.91 Å². The molecular weight excluding hydrogens is 198 g/mol. The number of amides is 1. The highest BCUT2D eigenvalue weighted by molar-refractivity contribution is 5.73. The van der Waals surface area contributed by atoms with Gasteiger partial charge in [-0.25, -0.2) is 0 Å². The van der Waals surface area contributed by atoms with E-state index in [2.05, 4.69) is 37.4 Å². The highest BCUT2D eigenvalue weighted by Crippen LogP contribution is 2.27. The van der Waals surface area contributed by atoms with Gasteiger partial charge in [0.15, 0.2) is 0 Å². The summed E-state index contributed by atoms with van der Waals surface area (Å²) in [4.78, 5) is 11.3. The van der Waals surface area contributed by atoms with Crippen LogP contribution in [0.5, 0.6) is 0 Å². The Bertz CT molecular complexity index is 298. The summed E-state index contributed by atoms with van der Waals surface area (Å²) in [5, 5.41) is 3.13. The Morgan fingerprint density at radius 1 is 1.38 bits per heavy atom. The fraction of sp³-hybridized carbons (Fsp3) is 0.643. The number of nitrogens with one attached hydrogen (secondary N) is 1. The van der Waals surface area contributed by atoms with Crippen molar-refractivity contribution in [2.75, 3.05) is 0 Å². The molecule has 1 aliphatic carbocycles. The highest BCUT2D eigenvalue weighted by Gasteiger charge is 2.27. The lowest BCUT2D eigenvalue weighted by molar-refractivity contribution is -0.121. The zero-order valence-electron chi connectivity index (χ0n) is 10.7. The molecule has 0 fully saturated rings. The largest absolute Gasteiger partial charge is 0.351 e. The third-order valence-electron chi connectivity index (χ3n) is 3.41. The second kappa shape index (κ2) is 5.88. The van der Waals surface area contributed by atoms with E-state index in [-0.39, 0.29) is 11.4 Å². The minimum Gasteiger partial charge on any atom is -0.351 e. The molecule has 0 heterocycles. The van der Waals surface area contributed by atoms with E-state index in [1.165, 1.54) is 5.57 Å². The molecule has 0 aromatic rings. The average Bonchev–Trinajstić information content (AvgIpc) is 2.29. The second-order valence-electron chi connectivity index (χ2n) is 4.60. The van der Waals surface area contributed by atoms with Crippen molar-refractivity contribution in [3.63, 3.8) is 0 Å². The molecule has 90 valence electrons. The van der Waals surface area contributed by atoms with E-state index in [1.807, 2.05) is 0 Å². The van der Waals surface area contributed by atoms with Crippen LogP contribution < -0.4 is 5.32 Å². The smallest absolute Gasteiger partial charge is 0.217 e. The predicted molar refractivity (Wildman–Crippen MR) is 68.2 cm³/mol. The molecule has 0 saturated heterocycles. The maximum atomic E-state index is 11.3. The van der Waals surface area contributed by atoms with E-state index >= 15 is 0 Å². The van der Waals surface area contributed by atoms with Crippen LogP contribution in [0.25, 0.3) is 0 Å². The van der Waals surface area contributed by atoms with Crippen molar-refractivity contribution in [2.24, 2.45) is 0 Å². The Balaban J connectivity index is 2.73. The molecule has 0 unspecified atom stereocenters. The predicted octanol–water partition coefficient (Wildman–Crippen LogP) is 3.35. The molecule has 0 radical (unpaired) electrons. The van der Waals surface area contributed by atoms with Crippen LogP contribution in [0.4, 0.5) is 0 Å². The monoisotopic (exact) mass is 221 g/mol. The molecule has 2 heteroatoms. The number of hydrogen-bond acceptors (Lipinski definition) is 1. The minimum absolute atomic E-state index is 0.0562. The Hall–Kier alpha value is -1.05. The maximum absolute atomic E-state index is 11.3. The molecule has 1 amide bonds. The van der Waals surface area contributed by atoms with Crippen molar-refractivity contribution >= 4 is 5.91 Å². The van der Waals surface area contributed by atoms with E-state index in [0.717, 1.165) is 32.1 Å². The van der Waals surface area contributed by atoms with Gasteiger partial charge < -0.3 is 5.32 Å². The van der Waals surface area contributed by atoms with E-state index in [4.69, 9.17) is 0 Å². The molecule has 0 saturated carbocycles. The number of hydrogen-bond donors (Lipinski definition) is 1. The molecule has 0 aromatic carbocycles.